The van der Waals surface area contributed by atoms with E-state index in [4.69, 9.17) is 4.74 Å². The van der Waals surface area contributed by atoms with Crippen LogP contribution in [-0.2, 0) is 6.54 Å². The van der Waals surface area contributed by atoms with Crippen LogP contribution in [0.15, 0.2) is 24.3 Å². The molecule has 1 N–H and O–H groups in total. The molecule has 0 saturated carbocycles. The number of ether oxygens (including phenoxy) is 1. The molecule has 0 unspecified atom stereocenters. The van der Waals surface area contributed by atoms with Crippen molar-refractivity contribution in [1.29, 1.82) is 0 Å². The van der Waals surface area contributed by atoms with Crippen molar-refractivity contribution in [2.24, 2.45) is 0 Å². The standard InChI is InChI=1S/C19H24N2O3/c1-6-24-16-9-7-15(8-10-16)11-21(5)19(23)18-12(2)17(14(4)22)13(3)20-18/h7-10,20H,6,11H2,1-5H3. The Labute approximate surface area is 142 Å². The minimum atomic E-state index is -0.128. The molecule has 0 saturated heterocycles. The molecule has 2 rings (SSSR count). The second-order valence-electron chi connectivity index (χ2n) is 5.92. The van der Waals surface area contributed by atoms with Gasteiger partial charge in [0.1, 0.15) is 11.4 Å². The maximum atomic E-state index is 12.7. The molecular weight excluding hydrogens is 304 g/mol. The van der Waals surface area contributed by atoms with Crippen molar-refractivity contribution >= 4 is 11.7 Å². The number of H-pyrrole nitrogens is 1. The van der Waals surface area contributed by atoms with Gasteiger partial charge in [-0.05, 0) is 51.0 Å². The van der Waals surface area contributed by atoms with Crippen LogP contribution in [0.4, 0.5) is 0 Å². The average molecular weight is 328 g/mol. The van der Waals surface area contributed by atoms with E-state index in [1.807, 2.05) is 38.1 Å². The molecule has 5 heteroatoms. The van der Waals surface area contributed by atoms with Gasteiger partial charge in [0, 0.05) is 24.8 Å². The Kier molecular flexibility index (Phi) is 5.44. The Hall–Kier alpha value is -2.56. The second-order valence-corrected chi connectivity index (χ2v) is 5.92. The van der Waals surface area contributed by atoms with Crippen LogP contribution in [0.2, 0.25) is 0 Å². The van der Waals surface area contributed by atoms with E-state index in [0.29, 0.717) is 30.0 Å². The number of aromatic nitrogens is 1. The topological polar surface area (TPSA) is 62.4 Å². The number of ketones is 1. The SMILES string of the molecule is CCOc1ccc(CN(C)C(=O)c2[nH]c(C)c(C(C)=O)c2C)cc1. The van der Waals surface area contributed by atoms with E-state index in [0.717, 1.165) is 17.0 Å². The number of hydrogen-bond acceptors (Lipinski definition) is 3. The van der Waals surface area contributed by atoms with Gasteiger partial charge in [-0.25, -0.2) is 0 Å². The van der Waals surface area contributed by atoms with Gasteiger partial charge in [-0.15, -0.1) is 0 Å². The molecule has 0 spiro atoms. The lowest BCUT2D eigenvalue weighted by Crippen LogP contribution is -2.27. The van der Waals surface area contributed by atoms with Gasteiger partial charge in [-0.3, -0.25) is 9.59 Å². The summed E-state index contributed by atoms with van der Waals surface area (Å²) >= 11 is 0. The largest absolute Gasteiger partial charge is 0.494 e. The van der Waals surface area contributed by atoms with Crippen LogP contribution >= 0.6 is 0 Å². The zero-order chi connectivity index (χ0) is 17.9. The summed E-state index contributed by atoms with van der Waals surface area (Å²) in [6.45, 7) is 8.18. The van der Waals surface area contributed by atoms with Crippen LogP contribution < -0.4 is 4.74 Å². The number of carbonyl (C=O) groups excluding carboxylic acids is 2. The number of Topliss-reactive ketones (excluding diaryl/α,β-unsaturated/α-hetero) is 1. The van der Waals surface area contributed by atoms with Crippen molar-refractivity contribution in [3.05, 3.63) is 52.3 Å². The molecule has 128 valence electrons. The normalized spacial score (nSPS) is 10.5. The molecule has 0 aliphatic heterocycles. The zero-order valence-corrected chi connectivity index (χ0v) is 14.9. The molecule has 0 aliphatic carbocycles. The van der Waals surface area contributed by atoms with Crippen LogP contribution in [0.25, 0.3) is 0 Å². The zero-order valence-electron chi connectivity index (χ0n) is 14.9. The third-order valence-electron chi connectivity index (χ3n) is 4.00. The molecule has 2 aromatic rings. The average Bonchev–Trinajstić information content (AvgIpc) is 2.83. The van der Waals surface area contributed by atoms with Crippen molar-refractivity contribution in [3.8, 4) is 5.75 Å². The van der Waals surface area contributed by atoms with E-state index in [1.54, 1.807) is 18.9 Å². The number of aromatic amines is 1. The first-order chi connectivity index (χ1) is 11.3. The predicted octanol–water partition coefficient (Wildman–Crippen LogP) is 3.51. The summed E-state index contributed by atoms with van der Waals surface area (Å²) in [4.78, 5) is 29.1. The first kappa shape index (κ1) is 17.8. The van der Waals surface area contributed by atoms with Crippen molar-refractivity contribution in [2.45, 2.75) is 34.2 Å². The van der Waals surface area contributed by atoms with Crippen molar-refractivity contribution in [3.63, 3.8) is 0 Å². The maximum Gasteiger partial charge on any atom is 0.270 e. The highest BCUT2D eigenvalue weighted by Crippen LogP contribution is 2.20. The first-order valence-electron chi connectivity index (χ1n) is 8.02. The van der Waals surface area contributed by atoms with Crippen molar-refractivity contribution in [1.82, 2.24) is 9.88 Å². The second kappa shape index (κ2) is 7.34. The Bertz CT molecular complexity index is 745. The van der Waals surface area contributed by atoms with Crippen LogP contribution in [0, 0.1) is 13.8 Å². The Morgan fingerprint density at radius 3 is 2.29 bits per heavy atom. The number of amides is 1. The Balaban J connectivity index is 2.15. The summed E-state index contributed by atoms with van der Waals surface area (Å²) in [7, 11) is 1.75. The molecule has 0 aliphatic rings. The number of rotatable bonds is 6. The van der Waals surface area contributed by atoms with Gasteiger partial charge in [0.15, 0.2) is 5.78 Å². The number of hydrogen-bond donors (Lipinski definition) is 1. The molecular formula is C19H24N2O3. The number of carbonyl (C=O) groups is 2. The fraction of sp³-hybridized carbons (Fsp3) is 0.368. The summed E-state index contributed by atoms with van der Waals surface area (Å²) in [6, 6.07) is 7.69. The van der Waals surface area contributed by atoms with Crippen molar-refractivity contribution in [2.75, 3.05) is 13.7 Å². The highest BCUT2D eigenvalue weighted by molar-refractivity contribution is 6.02. The van der Waals surface area contributed by atoms with Gasteiger partial charge in [0.2, 0.25) is 0 Å². The highest BCUT2D eigenvalue weighted by atomic mass is 16.5. The summed E-state index contributed by atoms with van der Waals surface area (Å²) < 4.78 is 5.42. The van der Waals surface area contributed by atoms with E-state index in [9.17, 15) is 9.59 Å². The fourth-order valence-corrected chi connectivity index (χ4v) is 2.89. The molecule has 24 heavy (non-hydrogen) atoms. The van der Waals surface area contributed by atoms with Gasteiger partial charge < -0.3 is 14.6 Å². The lowest BCUT2D eigenvalue weighted by molar-refractivity contribution is 0.0779. The third kappa shape index (κ3) is 3.67. The number of benzene rings is 1. The smallest absolute Gasteiger partial charge is 0.270 e. The van der Waals surface area contributed by atoms with Gasteiger partial charge in [0.05, 0.1) is 6.61 Å². The number of nitrogens with zero attached hydrogens (tertiary/aromatic N) is 1. The van der Waals surface area contributed by atoms with Crippen LogP contribution in [0.5, 0.6) is 5.75 Å². The molecule has 1 aromatic carbocycles. The van der Waals surface area contributed by atoms with Crippen LogP contribution in [0.1, 0.15) is 51.5 Å². The molecule has 1 heterocycles. The maximum absolute atomic E-state index is 12.7. The van der Waals surface area contributed by atoms with E-state index in [1.165, 1.54) is 6.92 Å². The number of aryl methyl sites for hydroxylation is 1. The Morgan fingerprint density at radius 2 is 1.79 bits per heavy atom. The lowest BCUT2D eigenvalue weighted by Gasteiger charge is -2.17. The predicted molar refractivity (Wildman–Crippen MR) is 93.7 cm³/mol. The van der Waals surface area contributed by atoms with Gasteiger partial charge in [-0.1, -0.05) is 12.1 Å². The molecule has 1 amide bonds. The fourth-order valence-electron chi connectivity index (χ4n) is 2.89. The molecule has 1 aromatic heterocycles. The highest BCUT2D eigenvalue weighted by Gasteiger charge is 2.22. The minimum absolute atomic E-state index is 0.0329. The van der Waals surface area contributed by atoms with E-state index in [-0.39, 0.29) is 11.7 Å². The summed E-state index contributed by atoms with van der Waals surface area (Å²) in [5, 5.41) is 0. The van der Waals surface area contributed by atoms with Crippen molar-refractivity contribution < 1.29 is 14.3 Å². The monoisotopic (exact) mass is 328 g/mol. The lowest BCUT2D eigenvalue weighted by atomic mass is 10.1. The molecule has 5 nitrogen and oxygen atoms in total. The molecule has 0 fully saturated rings. The Morgan fingerprint density at radius 1 is 1.17 bits per heavy atom. The van der Waals surface area contributed by atoms with E-state index in [2.05, 4.69) is 4.98 Å². The molecule has 0 radical (unpaired) electrons. The summed E-state index contributed by atoms with van der Waals surface area (Å²) in [6.07, 6.45) is 0. The third-order valence-corrected chi connectivity index (χ3v) is 4.00. The summed E-state index contributed by atoms with van der Waals surface area (Å²) in [5.74, 6) is 0.656. The quantitative estimate of drug-likeness (QED) is 0.826. The molecule has 0 atom stereocenters. The van der Waals surface area contributed by atoms with Gasteiger partial charge >= 0.3 is 0 Å². The van der Waals surface area contributed by atoms with Gasteiger partial charge in [0.25, 0.3) is 5.91 Å². The van der Waals surface area contributed by atoms with E-state index < -0.39 is 0 Å². The van der Waals surface area contributed by atoms with Crippen LogP contribution in [0.3, 0.4) is 0 Å². The van der Waals surface area contributed by atoms with Crippen LogP contribution in [-0.4, -0.2) is 35.2 Å². The number of nitrogens with one attached hydrogen (secondary N) is 1. The molecule has 0 bridgehead atoms. The summed E-state index contributed by atoms with van der Waals surface area (Å²) in [5.41, 5.74) is 3.54. The minimum Gasteiger partial charge on any atom is -0.494 e. The van der Waals surface area contributed by atoms with E-state index >= 15 is 0 Å². The first-order valence-corrected chi connectivity index (χ1v) is 8.02. The van der Waals surface area contributed by atoms with Gasteiger partial charge in [-0.2, -0.15) is 0 Å².